The first-order valence-electron chi connectivity index (χ1n) is 9.32. The van der Waals surface area contributed by atoms with Gasteiger partial charge in [-0.3, -0.25) is 4.70 Å². The van der Waals surface area contributed by atoms with Crippen LogP contribution in [0, 0.1) is 34.0 Å². The molecule has 3 nitrogen and oxygen atoms in total. The molecule has 0 saturated heterocycles. The number of halogens is 3. The minimum Gasteiger partial charge on any atom is -0.314 e. The second kappa shape index (κ2) is 29.9. The van der Waals surface area contributed by atoms with E-state index in [1.807, 2.05) is 12.1 Å². The average Bonchev–Trinajstić information content (AvgIpc) is 2.47. The van der Waals surface area contributed by atoms with E-state index in [4.69, 9.17) is 26.9 Å². The summed E-state index contributed by atoms with van der Waals surface area (Å²) in [6, 6.07) is 7.98. The van der Waals surface area contributed by atoms with Gasteiger partial charge in [-0.1, -0.05) is 44.9 Å². The number of hydrogen-bond donors (Lipinski definition) is 0. The Labute approximate surface area is 201 Å². The van der Waals surface area contributed by atoms with E-state index in [9.17, 15) is 4.11 Å². The van der Waals surface area contributed by atoms with Gasteiger partial charge < -0.3 is 4.11 Å². The topological polar surface area (TPSA) is 71.4 Å². The molecule has 0 fully saturated rings. The molecule has 0 aromatic rings. The van der Waals surface area contributed by atoms with Crippen LogP contribution in [0.15, 0.2) is 12.7 Å². The van der Waals surface area contributed by atoms with Crippen LogP contribution in [0.25, 0.3) is 0 Å². The van der Waals surface area contributed by atoms with Crippen molar-refractivity contribution in [3.05, 3.63) is 12.7 Å². The van der Waals surface area contributed by atoms with E-state index in [2.05, 4.69) is 45.4 Å². The molecule has 0 heterocycles. The maximum atomic E-state index is 12.7. The van der Waals surface area contributed by atoms with Gasteiger partial charge >= 0.3 is 0 Å². The summed E-state index contributed by atoms with van der Waals surface area (Å²) >= 11 is 5.41. The number of nitrogens with zero attached hydrogens (tertiary/aromatic N) is 3. The fraction of sp³-hybridized carbons (Fsp3) is 0.737. The minimum atomic E-state index is -2.35. The zero-order chi connectivity index (χ0) is 22.4. The van der Waals surface area contributed by atoms with Gasteiger partial charge in [0.05, 0.1) is 24.6 Å². The van der Waals surface area contributed by atoms with Crippen LogP contribution in [0.5, 0.6) is 0 Å². The summed E-state index contributed by atoms with van der Waals surface area (Å²) in [6.07, 6.45) is 5.10. The van der Waals surface area contributed by atoms with E-state index >= 15 is 0 Å². The Kier molecular flexibility index (Phi) is 44.1. The van der Waals surface area contributed by atoms with Crippen LogP contribution in [0.1, 0.15) is 32.1 Å². The smallest absolute Gasteiger partial charge is 0.241 e. The van der Waals surface area contributed by atoms with Crippen LogP contribution in [-0.2, 0) is 21.1 Å². The molecule has 0 aliphatic rings. The molecule has 10 heteroatoms. The number of allylic oxidation sites excluding steroid dienone is 1. The predicted molar refractivity (Wildman–Crippen MR) is 129 cm³/mol. The molecule has 174 valence electrons. The third-order valence-electron chi connectivity index (χ3n) is 2.51. The monoisotopic (exact) mass is 662 g/mol. The molecule has 0 radical (unpaired) electrons. The van der Waals surface area contributed by atoms with Gasteiger partial charge in [-0.25, -0.2) is 0 Å². The van der Waals surface area contributed by atoms with E-state index in [1.54, 1.807) is 19.2 Å². The molecule has 0 aliphatic heterocycles. The van der Waals surface area contributed by atoms with Gasteiger partial charge in [0.1, 0.15) is 8.11 Å². The van der Waals surface area contributed by atoms with E-state index in [1.165, 1.54) is 6.04 Å². The Morgan fingerprint density at radius 1 is 0.931 bits per heavy atom. The molecule has 0 aromatic carbocycles. The Balaban J connectivity index is -0.0000000625. The number of nitriles is 3. The molecule has 0 bridgehead atoms. The maximum absolute atomic E-state index is 12.7. The number of hydrogen-bond acceptors (Lipinski definition) is 3. The molecule has 0 N–H and O–H groups in total. The molecular weight excluding hydrogens is 623 g/mol. The van der Waals surface area contributed by atoms with Gasteiger partial charge in [0, 0.05) is 42.0 Å². The first kappa shape index (κ1) is 42.7. The normalized spacial score (nSPS) is 8.93. The van der Waals surface area contributed by atoms with E-state index in [0.717, 1.165) is 19.3 Å². The molecule has 0 saturated carbocycles. The fourth-order valence-electron chi connectivity index (χ4n) is 1.35. The molecular formula is C19H40ClF2N3PtSi3. The van der Waals surface area contributed by atoms with Crippen molar-refractivity contribution in [3.63, 3.8) is 0 Å². The molecule has 29 heavy (non-hydrogen) atoms. The summed E-state index contributed by atoms with van der Waals surface area (Å²) in [5, 5.41) is 24.1. The summed E-state index contributed by atoms with van der Waals surface area (Å²) in [4.78, 5) is 0. The van der Waals surface area contributed by atoms with Crippen LogP contribution < -0.4 is 0 Å². The first-order chi connectivity index (χ1) is 12.3. The van der Waals surface area contributed by atoms with E-state index in [0.29, 0.717) is 18.9 Å². The molecule has 0 rings (SSSR count). The van der Waals surface area contributed by atoms with Gasteiger partial charge in [-0.05, 0) is 32.0 Å². The molecule has 0 spiro atoms. The summed E-state index contributed by atoms with van der Waals surface area (Å²) in [7, 11) is -3.86. The van der Waals surface area contributed by atoms with Crippen molar-refractivity contribution in [1.29, 1.82) is 15.8 Å². The van der Waals surface area contributed by atoms with Crippen molar-refractivity contribution in [2.45, 2.75) is 90.0 Å². The SMILES string of the molecule is C=CCC#N.C[SiH](C)Cl.C[Si](C)(C)CCCC#N.C[Si](C)(F)CCCC#N.F.[Pt]. The molecule has 0 amide bonds. The second-order valence-corrected chi connectivity index (χ2v) is 22.2. The van der Waals surface area contributed by atoms with Gasteiger partial charge in [-0.2, -0.15) is 26.9 Å². The Hall–Kier alpha value is -0.301. The van der Waals surface area contributed by atoms with Crippen molar-refractivity contribution in [3.8, 4) is 18.2 Å². The van der Waals surface area contributed by atoms with Crippen molar-refractivity contribution in [1.82, 2.24) is 0 Å². The minimum absolute atomic E-state index is 0. The Morgan fingerprint density at radius 3 is 1.45 bits per heavy atom. The van der Waals surface area contributed by atoms with Gasteiger partial charge in [0.15, 0.2) is 0 Å². The van der Waals surface area contributed by atoms with Crippen molar-refractivity contribution >= 4 is 35.7 Å². The largest absolute Gasteiger partial charge is 0.314 e. The summed E-state index contributed by atoms with van der Waals surface area (Å²) in [5.41, 5.74) is 0. The van der Waals surface area contributed by atoms with Crippen LogP contribution in [-0.4, -0.2) is 24.6 Å². The van der Waals surface area contributed by atoms with Gasteiger partial charge in [-0.15, -0.1) is 6.58 Å². The zero-order valence-electron chi connectivity index (χ0n) is 19.1. The Morgan fingerprint density at radius 2 is 1.28 bits per heavy atom. The summed E-state index contributed by atoms with van der Waals surface area (Å²) < 4.78 is 12.7. The van der Waals surface area contributed by atoms with Crippen molar-refractivity contribution in [2.24, 2.45) is 0 Å². The van der Waals surface area contributed by atoms with Crippen LogP contribution in [0.2, 0.25) is 57.9 Å². The fourth-order valence-corrected chi connectivity index (χ4v) is 3.61. The van der Waals surface area contributed by atoms with Crippen molar-refractivity contribution < 1.29 is 29.9 Å². The quantitative estimate of drug-likeness (QED) is 0.122. The second-order valence-electron chi connectivity index (χ2n) is 7.97. The van der Waals surface area contributed by atoms with Gasteiger partial charge in [0.25, 0.3) is 0 Å². The van der Waals surface area contributed by atoms with Crippen molar-refractivity contribution in [2.75, 3.05) is 0 Å². The van der Waals surface area contributed by atoms with Crippen LogP contribution in [0.4, 0.5) is 8.81 Å². The van der Waals surface area contributed by atoms with Crippen LogP contribution in [0.3, 0.4) is 0 Å². The third kappa shape index (κ3) is 97.5. The number of rotatable bonds is 7. The van der Waals surface area contributed by atoms with E-state index < -0.39 is 24.6 Å². The molecule has 0 aromatic heterocycles. The maximum Gasteiger partial charge on any atom is 0.241 e. The van der Waals surface area contributed by atoms with E-state index in [-0.39, 0.29) is 25.8 Å². The number of unbranched alkanes of at least 4 members (excludes halogenated alkanes) is 2. The summed E-state index contributed by atoms with van der Waals surface area (Å²) in [6.45, 7) is 17.8. The standard InChI is InChI=1S/C7H15NSi.C6H12FNSi.C4H5N.C2H7ClSi.FH.Pt/c1-9(2,3)7-5-4-6-8;1-9(2,7)6-4-3-5-8;1-2-3-4-5;1-4(2)3;;/h4-5,7H2,1-3H3;3-4,6H2,1-2H3;2H,1,3H2;4H,1-2H3;1H;. The Bertz CT molecular complexity index is 431. The zero-order valence-corrected chi connectivity index (χ0v) is 25.3. The third-order valence-corrected chi connectivity index (χ3v) is 5.91. The predicted octanol–water partition coefficient (Wildman–Crippen LogP) is 7.54. The molecule has 0 atom stereocenters. The molecule has 0 aliphatic carbocycles. The first-order valence-corrected chi connectivity index (χ1v) is 20.2. The molecule has 0 unspecified atom stereocenters. The average molecular weight is 663 g/mol. The van der Waals surface area contributed by atoms with Gasteiger partial charge in [0.2, 0.25) is 8.41 Å². The van der Waals surface area contributed by atoms with Crippen LogP contribution >= 0.6 is 11.1 Å². The summed E-state index contributed by atoms with van der Waals surface area (Å²) in [5.74, 6) is 0.